The topological polar surface area (TPSA) is 41.5 Å². The molecular formula is C10H19NO2. The van der Waals surface area contributed by atoms with Gasteiger partial charge in [-0.15, -0.1) is 0 Å². The van der Waals surface area contributed by atoms with Crippen molar-refractivity contribution in [2.24, 2.45) is 0 Å². The van der Waals surface area contributed by atoms with Gasteiger partial charge in [-0.3, -0.25) is 0 Å². The quantitative estimate of drug-likeness (QED) is 0.687. The summed E-state index contributed by atoms with van der Waals surface area (Å²) < 4.78 is 5.32. The fourth-order valence-electron chi connectivity index (χ4n) is 1.28. The summed E-state index contributed by atoms with van der Waals surface area (Å²) in [5, 5.41) is 13.2. The summed E-state index contributed by atoms with van der Waals surface area (Å²) in [6.45, 7) is 7.13. The van der Waals surface area contributed by atoms with E-state index in [1.165, 1.54) is 0 Å². The molecule has 0 bridgehead atoms. The van der Waals surface area contributed by atoms with Crippen LogP contribution < -0.4 is 5.32 Å². The predicted molar refractivity (Wildman–Crippen MR) is 52.4 cm³/mol. The highest BCUT2D eigenvalue weighted by atomic mass is 16.5. The average Bonchev–Trinajstić information content (AvgIpc) is 2.53. The van der Waals surface area contributed by atoms with Crippen LogP contribution in [0.2, 0.25) is 0 Å². The smallest absolute Gasteiger partial charge is 0.131 e. The minimum Gasteiger partial charge on any atom is -0.495 e. The molecule has 1 aliphatic rings. The first-order valence-corrected chi connectivity index (χ1v) is 4.81. The highest BCUT2D eigenvalue weighted by Crippen LogP contribution is 2.22. The van der Waals surface area contributed by atoms with E-state index in [0.717, 1.165) is 6.42 Å². The number of aliphatic hydroxyl groups is 1. The van der Waals surface area contributed by atoms with Gasteiger partial charge in [0.2, 0.25) is 0 Å². The molecule has 1 heterocycles. The zero-order valence-electron chi connectivity index (χ0n) is 8.63. The van der Waals surface area contributed by atoms with E-state index in [0.29, 0.717) is 25.0 Å². The zero-order chi connectivity index (χ0) is 9.90. The number of ether oxygens (including phenoxy) is 1. The Hall–Kier alpha value is -0.540. The molecule has 0 amide bonds. The van der Waals surface area contributed by atoms with Crippen molar-refractivity contribution in [3.63, 3.8) is 0 Å². The Kier molecular flexibility index (Phi) is 3.33. The van der Waals surface area contributed by atoms with Gasteiger partial charge in [-0.25, -0.2) is 0 Å². The maximum Gasteiger partial charge on any atom is 0.131 e. The van der Waals surface area contributed by atoms with E-state index in [2.05, 4.69) is 19.2 Å². The summed E-state index contributed by atoms with van der Waals surface area (Å²) in [6, 6.07) is 0.383. The minimum atomic E-state index is -0.860. The Balaban J connectivity index is 2.44. The van der Waals surface area contributed by atoms with E-state index >= 15 is 0 Å². The fourth-order valence-corrected chi connectivity index (χ4v) is 1.28. The highest BCUT2D eigenvalue weighted by molar-refractivity contribution is 5.12. The molecule has 1 atom stereocenters. The summed E-state index contributed by atoms with van der Waals surface area (Å²) in [5.41, 5.74) is -0.860. The van der Waals surface area contributed by atoms with Crippen molar-refractivity contribution < 1.29 is 9.84 Å². The number of hydrogen-bond donors (Lipinski definition) is 2. The molecule has 0 aromatic rings. The molecule has 76 valence electrons. The van der Waals surface area contributed by atoms with Crippen molar-refractivity contribution in [1.29, 1.82) is 0 Å². The highest BCUT2D eigenvalue weighted by Gasteiger charge is 2.29. The second-order valence-corrected chi connectivity index (χ2v) is 4.01. The molecule has 3 nitrogen and oxygen atoms in total. The Bertz CT molecular complexity index is 197. The lowest BCUT2D eigenvalue weighted by Gasteiger charge is -2.25. The van der Waals surface area contributed by atoms with E-state index < -0.39 is 5.60 Å². The molecule has 0 saturated heterocycles. The van der Waals surface area contributed by atoms with Crippen LogP contribution in [0.25, 0.3) is 0 Å². The lowest BCUT2D eigenvalue weighted by molar-refractivity contribution is 0.0335. The average molecular weight is 185 g/mol. The molecule has 3 heteroatoms. The van der Waals surface area contributed by atoms with Gasteiger partial charge in [-0.2, -0.15) is 0 Å². The van der Waals surface area contributed by atoms with E-state index in [1.807, 2.05) is 6.08 Å². The molecule has 2 N–H and O–H groups in total. The summed E-state index contributed by atoms with van der Waals surface area (Å²) in [5.74, 6) is 0.709. The van der Waals surface area contributed by atoms with E-state index in [9.17, 15) is 5.11 Å². The van der Waals surface area contributed by atoms with Gasteiger partial charge in [0.05, 0.1) is 6.61 Å². The van der Waals surface area contributed by atoms with Gasteiger partial charge in [-0.05, 0) is 13.0 Å². The fraction of sp³-hybridized carbons (Fsp3) is 0.800. The summed E-state index contributed by atoms with van der Waals surface area (Å²) in [6.07, 6.45) is 2.87. The van der Waals surface area contributed by atoms with Crippen molar-refractivity contribution >= 4 is 0 Å². The monoisotopic (exact) mass is 185 g/mol. The molecule has 0 spiro atoms. The van der Waals surface area contributed by atoms with Gasteiger partial charge in [0.25, 0.3) is 0 Å². The first-order chi connectivity index (χ1) is 6.02. The van der Waals surface area contributed by atoms with E-state index in [4.69, 9.17) is 4.74 Å². The Labute approximate surface area is 79.8 Å². The van der Waals surface area contributed by atoms with Gasteiger partial charge < -0.3 is 15.2 Å². The van der Waals surface area contributed by atoms with Gasteiger partial charge >= 0.3 is 0 Å². The van der Waals surface area contributed by atoms with E-state index in [-0.39, 0.29) is 0 Å². The lowest BCUT2D eigenvalue weighted by Crippen LogP contribution is -2.42. The standard InChI is InChI=1S/C10H19NO2/c1-8(2)11-7-10(3,12)9-5-4-6-13-9/h5,8,11-12H,4,6-7H2,1-3H3. The Morgan fingerprint density at radius 1 is 1.69 bits per heavy atom. The third kappa shape index (κ3) is 3.01. The molecule has 1 aliphatic heterocycles. The van der Waals surface area contributed by atoms with Crippen LogP contribution in [-0.2, 0) is 4.74 Å². The van der Waals surface area contributed by atoms with Crippen LogP contribution in [0.1, 0.15) is 27.2 Å². The molecular weight excluding hydrogens is 166 g/mol. The van der Waals surface area contributed by atoms with E-state index in [1.54, 1.807) is 6.92 Å². The first kappa shape index (κ1) is 10.5. The van der Waals surface area contributed by atoms with Gasteiger partial charge in [0, 0.05) is 19.0 Å². The molecule has 1 rings (SSSR count). The van der Waals surface area contributed by atoms with Crippen LogP contribution in [0.3, 0.4) is 0 Å². The molecule has 0 aliphatic carbocycles. The summed E-state index contributed by atoms with van der Waals surface area (Å²) >= 11 is 0. The van der Waals surface area contributed by atoms with Crippen LogP contribution in [-0.4, -0.2) is 29.9 Å². The van der Waals surface area contributed by atoms with Crippen molar-refractivity contribution in [3.8, 4) is 0 Å². The maximum atomic E-state index is 10.0. The molecule has 13 heavy (non-hydrogen) atoms. The Morgan fingerprint density at radius 3 is 2.85 bits per heavy atom. The van der Waals surface area contributed by atoms with Crippen LogP contribution >= 0.6 is 0 Å². The maximum absolute atomic E-state index is 10.0. The summed E-state index contributed by atoms with van der Waals surface area (Å²) in [7, 11) is 0. The molecule has 0 saturated carbocycles. The normalized spacial score (nSPS) is 21.2. The predicted octanol–water partition coefficient (Wildman–Crippen LogP) is 1.04. The molecule has 0 aromatic carbocycles. The minimum absolute atomic E-state index is 0.383. The molecule has 1 unspecified atom stereocenters. The number of nitrogens with one attached hydrogen (secondary N) is 1. The van der Waals surface area contributed by atoms with Crippen LogP contribution in [0, 0.1) is 0 Å². The van der Waals surface area contributed by atoms with Crippen molar-refractivity contribution in [1.82, 2.24) is 5.32 Å². The molecule has 0 radical (unpaired) electrons. The van der Waals surface area contributed by atoms with Crippen LogP contribution in [0.15, 0.2) is 11.8 Å². The van der Waals surface area contributed by atoms with Crippen molar-refractivity contribution in [2.45, 2.75) is 38.8 Å². The van der Waals surface area contributed by atoms with Gasteiger partial charge in [0.1, 0.15) is 11.4 Å². The zero-order valence-corrected chi connectivity index (χ0v) is 8.63. The van der Waals surface area contributed by atoms with Crippen LogP contribution in [0.4, 0.5) is 0 Å². The number of rotatable bonds is 4. The van der Waals surface area contributed by atoms with Gasteiger partial charge in [0.15, 0.2) is 0 Å². The third-order valence-electron chi connectivity index (χ3n) is 2.09. The molecule has 0 fully saturated rings. The summed E-state index contributed by atoms with van der Waals surface area (Å²) in [4.78, 5) is 0. The van der Waals surface area contributed by atoms with Crippen LogP contribution in [0.5, 0.6) is 0 Å². The Morgan fingerprint density at radius 2 is 2.38 bits per heavy atom. The SMILES string of the molecule is CC(C)NCC(C)(O)C1=CCCO1. The van der Waals surface area contributed by atoms with Crippen molar-refractivity contribution in [3.05, 3.63) is 11.8 Å². The first-order valence-electron chi connectivity index (χ1n) is 4.81. The second-order valence-electron chi connectivity index (χ2n) is 4.01. The molecule has 0 aromatic heterocycles. The largest absolute Gasteiger partial charge is 0.495 e. The van der Waals surface area contributed by atoms with Crippen molar-refractivity contribution in [2.75, 3.05) is 13.2 Å². The number of hydrogen-bond acceptors (Lipinski definition) is 3. The lowest BCUT2D eigenvalue weighted by atomic mass is 10.0. The second kappa shape index (κ2) is 4.11. The van der Waals surface area contributed by atoms with Gasteiger partial charge in [-0.1, -0.05) is 13.8 Å². The third-order valence-corrected chi connectivity index (χ3v) is 2.09.